The van der Waals surface area contributed by atoms with E-state index < -0.39 is 0 Å². The zero-order valence-electron chi connectivity index (χ0n) is 29.9. The number of rotatable bonds is 7. The van der Waals surface area contributed by atoms with Crippen LogP contribution in [-0.4, -0.2) is 19.5 Å². The Balaban J connectivity index is 1.20. The smallest absolute Gasteiger partial charge is 0.164 e. The molecule has 8 aromatic carbocycles. The molecule has 0 aliphatic carbocycles. The molecule has 10 aromatic rings. The zero-order valence-corrected chi connectivity index (χ0v) is 29.9. The van der Waals surface area contributed by atoms with Crippen molar-refractivity contribution in [2.75, 3.05) is 0 Å². The Morgan fingerprint density at radius 3 is 1.36 bits per heavy atom. The van der Waals surface area contributed by atoms with Crippen molar-refractivity contribution < 1.29 is 0 Å². The monoisotopic (exact) mass is 702 g/mol. The van der Waals surface area contributed by atoms with Crippen molar-refractivity contribution in [3.63, 3.8) is 0 Å². The molecule has 0 aliphatic rings. The van der Waals surface area contributed by atoms with Crippen LogP contribution in [0.1, 0.15) is 0 Å². The van der Waals surface area contributed by atoms with E-state index in [2.05, 4.69) is 174 Å². The third kappa shape index (κ3) is 5.96. The van der Waals surface area contributed by atoms with E-state index in [0.29, 0.717) is 17.5 Å². The number of benzene rings is 8. The summed E-state index contributed by atoms with van der Waals surface area (Å²) in [6.45, 7) is 0. The highest BCUT2D eigenvalue weighted by atomic mass is 15.0. The van der Waals surface area contributed by atoms with Gasteiger partial charge in [-0.2, -0.15) is 0 Å². The minimum atomic E-state index is 0.614. The van der Waals surface area contributed by atoms with Gasteiger partial charge in [0.05, 0.1) is 16.7 Å². The highest BCUT2D eigenvalue weighted by molar-refractivity contribution is 6.16. The van der Waals surface area contributed by atoms with E-state index in [-0.39, 0.29) is 0 Å². The van der Waals surface area contributed by atoms with Crippen molar-refractivity contribution >= 4 is 21.8 Å². The Labute approximate surface area is 319 Å². The first-order chi connectivity index (χ1) is 27.3. The molecule has 2 aromatic heterocycles. The lowest BCUT2D eigenvalue weighted by molar-refractivity contribution is 1.07. The minimum absolute atomic E-state index is 0.614. The summed E-state index contributed by atoms with van der Waals surface area (Å²) in [5, 5.41) is 2.43. The second kappa shape index (κ2) is 13.8. The van der Waals surface area contributed by atoms with Crippen molar-refractivity contribution in [3.8, 4) is 73.2 Å². The van der Waals surface area contributed by atoms with Gasteiger partial charge in [0.25, 0.3) is 0 Å². The molecule has 0 radical (unpaired) electrons. The SMILES string of the molecule is c1ccc(-c2ccc(-c3nc(-c4ccccc4)nc(-c4ccc(-c5ccccc5)c(-n5c6ccccc6c6c(-c7ccccc7)cccc65)c4)n3)cc2)cc1. The minimum Gasteiger partial charge on any atom is -0.309 e. The van der Waals surface area contributed by atoms with Gasteiger partial charge < -0.3 is 4.57 Å². The summed E-state index contributed by atoms with van der Waals surface area (Å²) in [7, 11) is 0. The molecular weight excluding hydrogens is 669 g/mol. The van der Waals surface area contributed by atoms with Crippen LogP contribution in [0.25, 0.3) is 95.0 Å². The van der Waals surface area contributed by atoms with Crippen LogP contribution in [0.2, 0.25) is 0 Å². The highest BCUT2D eigenvalue weighted by Gasteiger charge is 2.20. The molecule has 0 amide bonds. The van der Waals surface area contributed by atoms with Gasteiger partial charge in [-0.25, -0.2) is 15.0 Å². The van der Waals surface area contributed by atoms with Gasteiger partial charge in [0.15, 0.2) is 17.5 Å². The average Bonchev–Trinajstić information content (AvgIpc) is 3.62. The number of fused-ring (bicyclic) bond motifs is 3. The summed E-state index contributed by atoms with van der Waals surface area (Å²) >= 11 is 0. The first-order valence-electron chi connectivity index (χ1n) is 18.5. The maximum absolute atomic E-state index is 5.17. The zero-order chi connectivity index (χ0) is 36.6. The van der Waals surface area contributed by atoms with E-state index >= 15 is 0 Å². The molecule has 0 aliphatic heterocycles. The first-order valence-corrected chi connectivity index (χ1v) is 18.5. The highest BCUT2D eigenvalue weighted by Crippen LogP contribution is 2.41. The molecule has 0 saturated heterocycles. The maximum Gasteiger partial charge on any atom is 0.164 e. The predicted octanol–water partition coefficient (Wildman–Crippen LogP) is 13.0. The van der Waals surface area contributed by atoms with Crippen LogP contribution in [0.3, 0.4) is 0 Å². The number of hydrogen-bond acceptors (Lipinski definition) is 3. The fourth-order valence-corrected chi connectivity index (χ4v) is 7.65. The van der Waals surface area contributed by atoms with Crippen LogP contribution in [0, 0.1) is 0 Å². The van der Waals surface area contributed by atoms with E-state index in [1.54, 1.807) is 0 Å². The molecule has 258 valence electrons. The van der Waals surface area contributed by atoms with E-state index in [0.717, 1.165) is 50.1 Å². The Morgan fingerprint density at radius 2 is 0.727 bits per heavy atom. The fraction of sp³-hybridized carbons (Fsp3) is 0. The van der Waals surface area contributed by atoms with Gasteiger partial charge in [-0.05, 0) is 46.0 Å². The summed E-state index contributed by atoms with van der Waals surface area (Å²) in [6, 6.07) is 72.2. The summed E-state index contributed by atoms with van der Waals surface area (Å²) in [5.41, 5.74) is 13.0. The third-order valence-corrected chi connectivity index (χ3v) is 10.3. The molecule has 4 heteroatoms. The number of para-hydroxylation sites is 1. The summed E-state index contributed by atoms with van der Waals surface area (Å²) < 4.78 is 2.41. The Bertz CT molecular complexity index is 2940. The van der Waals surface area contributed by atoms with E-state index in [4.69, 9.17) is 15.0 Å². The second-order valence-corrected chi connectivity index (χ2v) is 13.6. The van der Waals surface area contributed by atoms with Crippen molar-refractivity contribution in [2.24, 2.45) is 0 Å². The Hall–Kier alpha value is -7.43. The number of aromatic nitrogens is 4. The third-order valence-electron chi connectivity index (χ3n) is 10.3. The lowest BCUT2D eigenvalue weighted by Crippen LogP contribution is -2.02. The van der Waals surface area contributed by atoms with Crippen molar-refractivity contribution in [3.05, 3.63) is 206 Å². The average molecular weight is 703 g/mol. The topological polar surface area (TPSA) is 43.6 Å². The van der Waals surface area contributed by atoms with Gasteiger partial charge in [0.2, 0.25) is 0 Å². The van der Waals surface area contributed by atoms with Gasteiger partial charge in [-0.1, -0.05) is 188 Å². The van der Waals surface area contributed by atoms with Crippen LogP contribution in [0.15, 0.2) is 206 Å². The largest absolute Gasteiger partial charge is 0.309 e. The van der Waals surface area contributed by atoms with Crippen LogP contribution in [0.4, 0.5) is 0 Å². The quantitative estimate of drug-likeness (QED) is 0.166. The molecule has 55 heavy (non-hydrogen) atoms. The molecule has 0 N–H and O–H groups in total. The van der Waals surface area contributed by atoms with Gasteiger partial charge in [-0.3, -0.25) is 0 Å². The molecule has 0 saturated carbocycles. The molecule has 4 nitrogen and oxygen atoms in total. The van der Waals surface area contributed by atoms with Gasteiger partial charge in [-0.15, -0.1) is 0 Å². The van der Waals surface area contributed by atoms with Gasteiger partial charge in [0, 0.05) is 33.0 Å². The molecule has 0 spiro atoms. The van der Waals surface area contributed by atoms with Crippen molar-refractivity contribution in [1.29, 1.82) is 0 Å². The molecule has 10 rings (SSSR count). The summed E-state index contributed by atoms with van der Waals surface area (Å²) in [6.07, 6.45) is 0. The number of hydrogen-bond donors (Lipinski definition) is 0. The summed E-state index contributed by atoms with van der Waals surface area (Å²) in [4.78, 5) is 15.3. The van der Waals surface area contributed by atoms with Crippen molar-refractivity contribution in [2.45, 2.75) is 0 Å². The van der Waals surface area contributed by atoms with Crippen LogP contribution < -0.4 is 0 Å². The van der Waals surface area contributed by atoms with Crippen molar-refractivity contribution in [1.82, 2.24) is 19.5 Å². The van der Waals surface area contributed by atoms with Gasteiger partial charge in [0.1, 0.15) is 0 Å². The first kappa shape index (κ1) is 32.2. The lowest BCUT2D eigenvalue weighted by atomic mass is 9.99. The van der Waals surface area contributed by atoms with Crippen LogP contribution in [-0.2, 0) is 0 Å². The molecule has 0 bridgehead atoms. The van der Waals surface area contributed by atoms with Gasteiger partial charge >= 0.3 is 0 Å². The Kier molecular flexibility index (Phi) is 8.12. The molecular formula is C51H34N4. The maximum atomic E-state index is 5.17. The van der Waals surface area contributed by atoms with Crippen LogP contribution >= 0.6 is 0 Å². The van der Waals surface area contributed by atoms with E-state index in [1.165, 1.54) is 27.5 Å². The van der Waals surface area contributed by atoms with E-state index in [9.17, 15) is 0 Å². The standard InChI is InChI=1S/C51H34N4/c1-5-16-35(17-6-1)36-28-30-40(31-29-36)50-52-49(39-22-11-4-12-23-39)53-51(54-50)41-32-33-42(37-18-7-2-8-19-37)47(34-41)55-45-26-14-13-24-44(45)48-43(25-15-27-46(48)55)38-20-9-3-10-21-38/h1-34H. The lowest BCUT2D eigenvalue weighted by Gasteiger charge is -2.16. The second-order valence-electron chi connectivity index (χ2n) is 13.6. The van der Waals surface area contributed by atoms with Crippen LogP contribution in [0.5, 0.6) is 0 Å². The predicted molar refractivity (Wildman–Crippen MR) is 227 cm³/mol. The number of nitrogens with zero attached hydrogens (tertiary/aromatic N) is 4. The normalized spacial score (nSPS) is 11.3. The molecule has 0 unspecified atom stereocenters. The molecule has 2 heterocycles. The molecule has 0 atom stereocenters. The Morgan fingerprint density at radius 1 is 0.291 bits per heavy atom. The van der Waals surface area contributed by atoms with E-state index in [1.807, 2.05) is 36.4 Å². The molecule has 0 fully saturated rings. The fourth-order valence-electron chi connectivity index (χ4n) is 7.65. The summed E-state index contributed by atoms with van der Waals surface area (Å²) in [5.74, 6) is 1.87.